The van der Waals surface area contributed by atoms with Gasteiger partial charge in [0, 0.05) is 45.0 Å². The Bertz CT molecular complexity index is 472. The molecule has 0 aromatic carbocycles. The van der Waals surface area contributed by atoms with E-state index in [2.05, 4.69) is 22.1 Å². The quantitative estimate of drug-likeness (QED) is 0.881. The normalized spacial score (nSPS) is 31.0. The highest BCUT2D eigenvalue weighted by atomic mass is 35.5. The zero-order valence-corrected chi connectivity index (χ0v) is 14.5. The van der Waals surface area contributed by atoms with E-state index in [4.69, 9.17) is 0 Å². The molecule has 0 bridgehead atoms. The van der Waals surface area contributed by atoms with Crippen LogP contribution < -0.4 is 5.32 Å². The SMILES string of the molecule is Cl.Cn1ccnc1C(O)C1CCCN(CC2(C)CCNC2)C1. The predicted molar refractivity (Wildman–Crippen MR) is 90.2 cm³/mol. The molecule has 3 atom stereocenters. The Hall–Kier alpha value is -0.620. The van der Waals surface area contributed by atoms with Gasteiger partial charge in [0.15, 0.2) is 0 Å². The van der Waals surface area contributed by atoms with Crippen molar-refractivity contribution in [3.05, 3.63) is 18.2 Å². The van der Waals surface area contributed by atoms with Crippen LogP contribution in [0.2, 0.25) is 0 Å². The number of aryl methyl sites for hydroxylation is 1. The molecular formula is C16H29ClN4O. The Morgan fingerprint density at radius 2 is 2.36 bits per heavy atom. The van der Waals surface area contributed by atoms with Gasteiger partial charge in [0.2, 0.25) is 0 Å². The second kappa shape index (κ2) is 7.30. The number of aliphatic hydroxyl groups excluding tert-OH is 1. The van der Waals surface area contributed by atoms with Crippen LogP contribution in [0.5, 0.6) is 0 Å². The number of piperidine rings is 1. The van der Waals surface area contributed by atoms with E-state index in [-0.39, 0.29) is 12.4 Å². The molecule has 2 saturated heterocycles. The van der Waals surface area contributed by atoms with E-state index < -0.39 is 6.10 Å². The molecule has 5 nitrogen and oxygen atoms in total. The van der Waals surface area contributed by atoms with Crippen molar-refractivity contribution in [3.63, 3.8) is 0 Å². The first-order valence-electron chi connectivity index (χ1n) is 8.16. The summed E-state index contributed by atoms with van der Waals surface area (Å²) < 4.78 is 1.94. The molecule has 3 unspecified atom stereocenters. The number of nitrogens with zero attached hydrogens (tertiary/aromatic N) is 3. The Morgan fingerprint density at radius 1 is 1.55 bits per heavy atom. The van der Waals surface area contributed by atoms with Gasteiger partial charge in [0.25, 0.3) is 0 Å². The van der Waals surface area contributed by atoms with E-state index in [9.17, 15) is 5.11 Å². The molecule has 6 heteroatoms. The van der Waals surface area contributed by atoms with Gasteiger partial charge in [0.1, 0.15) is 11.9 Å². The van der Waals surface area contributed by atoms with Gasteiger partial charge in [-0.2, -0.15) is 0 Å². The molecule has 22 heavy (non-hydrogen) atoms. The molecule has 126 valence electrons. The van der Waals surface area contributed by atoms with E-state index in [1.807, 2.05) is 17.8 Å². The van der Waals surface area contributed by atoms with Crippen LogP contribution in [-0.4, -0.2) is 52.3 Å². The average Bonchev–Trinajstić information content (AvgIpc) is 3.07. The first-order chi connectivity index (χ1) is 10.1. The van der Waals surface area contributed by atoms with Crippen molar-refractivity contribution >= 4 is 12.4 Å². The summed E-state index contributed by atoms with van der Waals surface area (Å²) in [7, 11) is 1.96. The molecule has 3 rings (SSSR count). The summed E-state index contributed by atoms with van der Waals surface area (Å²) in [6.07, 6.45) is 6.77. The molecule has 0 aliphatic carbocycles. The highest BCUT2D eigenvalue weighted by Crippen LogP contribution is 2.32. The highest BCUT2D eigenvalue weighted by Gasteiger charge is 2.34. The second-order valence-electron chi connectivity index (χ2n) is 7.22. The summed E-state index contributed by atoms with van der Waals surface area (Å²) in [5.41, 5.74) is 0.399. The van der Waals surface area contributed by atoms with Crippen molar-refractivity contribution in [2.45, 2.75) is 32.3 Å². The molecule has 1 aromatic heterocycles. The van der Waals surface area contributed by atoms with Crippen molar-refractivity contribution in [1.29, 1.82) is 0 Å². The van der Waals surface area contributed by atoms with E-state index in [1.54, 1.807) is 6.20 Å². The fraction of sp³-hybridized carbons (Fsp3) is 0.812. The van der Waals surface area contributed by atoms with Crippen LogP contribution in [0.25, 0.3) is 0 Å². The van der Waals surface area contributed by atoms with Gasteiger partial charge < -0.3 is 19.9 Å². The smallest absolute Gasteiger partial charge is 0.137 e. The maximum atomic E-state index is 10.6. The van der Waals surface area contributed by atoms with Crippen LogP contribution >= 0.6 is 12.4 Å². The minimum Gasteiger partial charge on any atom is -0.385 e. The summed E-state index contributed by atoms with van der Waals surface area (Å²) >= 11 is 0. The first kappa shape index (κ1) is 17.7. The van der Waals surface area contributed by atoms with Crippen LogP contribution in [0.15, 0.2) is 12.4 Å². The third kappa shape index (κ3) is 3.82. The van der Waals surface area contributed by atoms with Crippen molar-refractivity contribution in [3.8, 4) is 0 Å². The van der Waals surface area contributed by atoms with E-state index >= 15 is 0 Å². The number of nitrogens with one attached hydrogen (secondary N) is 1. The van der Waals surface area contributed by atoms with Crippen LogP contribution in [0, 0.1) is 11.3 Å². The summed E-state index contributed by atoms with van der Waals surface area (Å²) in [5, 5.41) is 14.1. The topological polar surface area (TPSA) is 53.3 Å². The predicted octanol–water partition coefficient (Wildman–Crippen LogP) is 1.59. The lowest BCUT2D eigenvalue weighted by molar-refractivity contribution is 0.0306. The Kier molecular flexibility index (Phi) is 5.88. The van der Waals surface area contributed by atoms with Gasteiger partial charge in [0.05, 0.1) is 0 Å². The second-order valence-corrected chi connectivity index (χ2v) is 7.22. The maximum absolute atomic E-state index is 10.6. The fourth-order valence-electron chi connectivity index (χ4n) is 3.91. The van der Waals surface area contributed by atoms with E-state index in [0.717, 1.165) is 38.4 Å². The summed E-state index contributed by atoms with van der Waals surface area (Å²) in [6, 6.07) is 0. The lowest BCUT2D eigenvalue weighted by Gasteiger charge is -2.39. The molecule has 3 heterocycles. The van der Waals surface area contributed by atoms with Crippen molar-refractivity contribution in [1.82, 2.24) is 19.8 Å². The highest BCUT2D eigenvalue weighted by molar-refractivity contribution is 5.85. The molecule has 0 saturated carbocycles. The Balaban J connectivity index is 0.00000176. The van der Waals surface area contributed by atoms with Crippen molar-refractivity contribution in [2.24, 2.45) is 18.4 Å². The van der Waals surface area contributed by atoms with Gasteiger partial charge >= 0.3 is 0 Å². The van der Waals surface area contributed by atoms with Crippen LogP contribution in [-0.2, 0) is 7.05 Å². The van der Waals surface area contributed by atoms with E-state index in [0.29, 0.717) is 11.3 Å². The Morgan fingerprint density at radius 3 is 3.00 bits per heavy atom. The summed E-state index contributed by atoms with van der Waals surface area (Å²) in [6.45, 7) is 7.94. The molecule has 0 spiro atoms. The number of aliphatic hydroxyl groups is 1. The van der Waals surface area contributed by atoms with Crippen LogP contribution in [0.4, 0.5) is 0 Å². The van der Waals surface area contributed by atoms with E-state index in [1.165, 1.54) is 19.4 Å². The third-order valence-electron chi connectivity index (χ3n) is 5.17. The minimum absolute atomic E-state index is 0. The molecule has 2 N–H and O–H groups in total. The largest absolute Gasteiger partial charge is 0.385 e. The molecule has 0 amide bonds. The molecule has 1 aromatic rings. The number of imidazole rings is 1. The monoisotopic (exact) mass is 328 g/mol. The zero-order valence-electron chi connectivity index (χ0n) is 13.7. The summed E-state index contributed by atoms with van der Waals surface area (Å²) in [4.78, 5) is 6.87. The fourth-order valence-corrected chi connectivity index (χ4v) is 3.91. The van der Waals surface area contributed by atoms with Crippen molar-refractivity contribution in [2.75, 3.05) is 32.7 Å². The Labute approximate surface area is 139 Å². The van der Waals surface area contributed by atoms with Crippen LogP contribution in [0.3, 0.4) is 0 Å². The zero-order chi connectivity index (χ0) is 14.9. The number of likely N-dealkylation sites (tertiary alicyclic amines) is 1. The van der Waals surface area contributed by atoms with Gasteiger partial charge in [-0.05, 0) is 37.8 Å². The molecular weight excluding hydrogens is 300 g/mol. The minimum atomic E-state index is -0.442. The number of rotatable bonds is 4. The lowest BCUT2D eigenvalue weighted by Crippen LogP contribution is -2.44. The van der Waals surface area contributed by atoms with Crippen LogP contribution in [0.1, 0.15) is 38.1 Å². The van der Waals surface area contributed by atoms with Gasteiger partial charge in [-0.1, -0.05) is 6.92 Å². The summed E-state index contributed by atoms with van der Waals surface area (Å²) in [5.74, 6) is 1.11. The maximum Gasteiger partial charge on any atom is 0.137 e. The number of aromatic nitrogens is 2. The molecule has 2 fully saturated rings. The first-order valence-corrected chi connectivity index (χ1v) is 8.16. The molecule has 0 radical (unpaired) electrons. The third-order valence-corrected chi connectivity index (χ3v) is 5.17. The van der Waals surface area contributed by atoms with Gasteiger partial charge in [-0.3, -0.25) is 0 Å². The standard InChI is InChI=1S/C16H28N4O.ClH/c1-16(5-6-17-11-16)12-20-8-3-4-13(10-20)14(21)15-18-7-9-19(15)2;/h7,9,13-14,17,21H,3-6,8,10-12H2,1-2H3;1H. The van der Waals surface area contributed by atoms with Gasteiger partial charge in [-0.15, -0.1) is 12.4 Å². The lowest BCUT2D eigenvalue weighted by atomic mass is 9.86. The van der Waals surface area contributed by atoms with Gasteiger partial charge in [-0.25, -0.2) is 4.98 Å². The average molecular weight is 329 g/mol. The number of hydrogen-bond acceptors (Lipinski definition) is 4. The molecule has 2 aliphatic heterocycles. The number of hydrogen-bond donors (Lipinski definition) is 2. The molecule has 2 aliphatic rings. The van der Waals surface area contributed by atoms with Crippen molar-refractivity contribution < 1.29 is 5.11 Å². The number of halogens is 1.